The van der Waals surface area contributed by atoms with Gasteiger partial charge in [-0.25, -0.2) is 0 Å². The molecule has 0 spiro atoms. The number of hydrogen-bond acceptors (Lipinski definition) is 2. The van der Waals surface area contributed by atoms with Gasteiger partial charge in [-0.15, -0.1) is 0 Å². The largest absolute Gasteiger partial charge is 0.254 e. The van der Waals surface area contributed by atoms with E-state index in [1.165, 1.54) is 0 Å². The number of pyridine rings is 2. The van der Waals surface area contributed by atoms with Gasteiger partial charge in [-0.1, -0.05) is 23.7 Å². The molecule has 18 heavy (non-hydrogen) atoms. The average molecular weight is 259 g/mol. The van der Waals surface area contributed by atoms with E-state index in [4.69, 9.17) is 11.6 Å². The van der Waals surface area contributed by atoms with Crippen molar-refractivity contribution in [2.75, 3.05) is 0 Å². The molecule has 0 N–H and O–H groups in total. The van der Waals surface area contributed by atoms with Gasteiger partial charge in [0.25, 0.3) is 0 Å². The summed E-state index contributed by atoms with van der Waals surface area (Å²) in [5, 5.41) is 0.677. The third-order valence-corrected chi connectivity index (χ3v) is 3.14. The Hall–Kier alpha value is -1.67. The minimum Gasteiger partial charge on any atom is -0.254 e. The third-order valence-electron chi connectivity index (χ3n) is 2.74. The zero-order valence-corrected chi connectivity index (χ0v) is 11.5. The number of nitrogens with zero attached hydrogens (tertiary/aromatic N) is 2. The summed E-state index contributed by atoms with van der Waals surface area (Å²) in [7, 11) is 0. The summed E-state index contributed by atoms with van der Waals surface area (Å²) in [5.41, 5.74) is 4.84. The van der Waals surface area contributed by atoms with Crippen molar-refractivity contribution < 1.29 is 0 Å². The van der Waals surface area contributed by atoms with Crippen LogP contribution in [0.1, 0.15) is 23.9 Å². The van der Waals surface area contributed by atoms with Crippen LogP contribution in [-0.2, 0) is 0 Å². The Balaban J connectivity index is 2.46. The molecule has 0 aliphatic carbocycles. The minimum absolute atomic E-state index is 0.677. The highest BCUT2D eigenvalue weighted by Crippen LogP contribution is 2.24. The van der Waals surface area contributed by atoms with Gasteiger partial charge in [-0.05, 0) is 44.5 Å². The Morgan fingerprint density at radius 2 is 2.06 bits per heavy atom. The molecule has 0 aromatic carbocycles. The second kappa shape index (κ2) is 5.32. The van der Waals surface area contributed by atoms with Gasteiger partial charge in [0.2, 0.25) is 0 Å². The fourth-order valence-corrected chi connectivity index (χ4v) is 2.00. The second-order valence-corrected chi connectivity index (χ2v) is 4.60. The highest BCUT2D eigenvalue weighted by atomic mass is 35.5. The normalized spacial score (nSPS) is 11.7. The first kappa shape index (κ1) is 12.8. The predicted molar refractivity (Wildman–Crippen MR) is 76.4 cm³/mol. The number of aromatic nitrogens is 2. The van der Waals surface area contributed by atoms with Crippen molar-refractivity contribution in [3.63, 3.8) is 0 Å². The molecule has 2 aromatic rings. The zero-order chi connectivity index (χ0) is 13.1. The summed E-state index contributed by atoms with van der Waals surface area (Å²) in [6, 6.07) is 8.03. The third kappa shape index (κ3) is 2.59. The summed E-state index contributed by atoms with van der Waals surface area (Å²) >= 11 is 6.10. The molecule has 92 valence electrons. The first-order chi connectivity index (χ1) is 8.61. The zero-order valence-electron chi connectivity index (χ0n) is 10.7. The molecule has 0 aliphatic rings. The molecule has 0 saturated heterocycles. The minimum atomic E-state index is 0.677. The van der Waals surface area contributed by atoms with Crippen molar-refractivity contribution in [2.45, 2.75) is 20.8 Å². The molecular weight excluding hydrogens is 244 g/mol. The molecule has 0 unspecified atom stereocenters. The van der Waals surface area contributed by atoms with Crippen LogP contribution in [0.25, 0.3) is 16.3 Å². The smallest absolute Gasteiger partial charge is 0.0842 e. The number of halogens is 1. The van der Waals surface area contributed by atoms with Gasteiger partial charge in [0.05, 0.1) is 16.4 Å². The van der Waals surface area contributed by atoms with Crippen LogP contribution >= 0.6 is 11.6 Å². The van der Waals surface area contributed by atoms with Crippen molar-refractivity contribution in [3.05, 3.63) is 53.5 Å². The van der Waals surface area contributed by atoms with Crippen LogP contribution in [0.3, 0.4) is 0 Å². The molecule has 3 heteroatoms. The highest BCUT2D eigenvalue weighted by molar-refractivity contribution is 6.48. The highest BCUT2D eigenvalue weighted by Gasteiger charge is 2.07. The van der Waals surface area contributed by atoms with E-state index in [0.29, 0.717) is 5.03 Å². The fourth-order valence-electron chi connectivity index (χ4n) is 1.81. The van der Waals surface area contributed by atoms with Crippen molar-refractivity contribution in [2.24, 2.45) is 0 Å². The Bertz CT molecular complexity index is 603. The van der Waals surface area contributed by atoms with Crippen LogP contribution in [0.4, 0.5) is 0 Å². The lowest BCUT2D eigenvalue weighted by molar-refractivity contribution is 1.18. The Kier molecular flexibility index (Phi) is 3.78. The maximum absolute atomic E-state index is 6.10. The van der Waals surface area contributed by atoms with Gasteiger partial charge in [-0.3, -0.25) is 9.97 Å². The van der Waals surface area contributed by atoms with Crippen LogP contribution in [0.15, 0.2) is 36.5 Å². The Morgan fingerprint density at radius 1 is 1.28 bits per heavy atom. The van der Waals surface area contributed by atoms with E-state index in [2.05, 4.69) is 16.0 Å². The maximum atomic E-state index is 6.10. The van der Waals surface area contributed by atoms with Crippen LogP contribution < -0.4 is 0 Å². The molecule has 2 nitrogen and oxygen atoms in total. The number of rotatable bonds is 2. The molecule has 0 fully saturated rings. The molecule has 0 radical (unpaired) electrons. The Morgan fingerprint density at radius 3 is 2.67 bits per heavy atom. The van der Waals surface area contributed by atoms with E-state index in [9.17, 15) is 0 Å². The summed E-state index contributed by atoms with van der Waals surface area (Å²) in [4.78, 5) is 8.91. The van der Waals surface area contributed by atoms with E-state index in [-0.39, 0.29) is 0 Å². The van der Waals surface area contributed by atoms with Crippen molar-refractivity contribution in [1.82, 2.24) is 9.97 Å². The van der Waals surface area contributed by atoms with Gasteiger partial charge < -0.3 is 0 Å². The lowest BCUT2D eigenvalue weighted by atomic mass is 10.1. The van der Waals surface area contributed by atoms with Gasteiger partial charge in [0, 0.05) is 17.5 Å². The predicted octanol–water partition coefficient (Wildman–Crippen LogP) is 4.36. The van der Waals surface area contributed by atoms with E-state index < -0.39 is 0 Å². The van der Waals surface area contributed by atoms with Gasteiger partial charge >= 0.3 is 0 Å². The van der Waals surface area contributed by atoms with Crippen LogP contribution in [0.2, 0.25) is 0 Å². The Labute approximate surface area is 112 Å². The van der Waals surface area contributed by atoms with Crippen LogP contribution in [0.5, 0.6) is 0 Å². The monoisotopic (exact) mass is 258 g/mol. The lowest BCUT2D eigenvalue weighted by Crippen LogP contribution is -1.93. The first-order valence-corrected chi connectivity index (χ1v) is 6.22. The second-order valence-electron chi connectivity index (χ2n) is 4.19. The van der Waals surface area contributed by atoms with Crippen molar-refractivity contribution >= 4 is 16.6 Å². The SMILES string of the molecule is C/C=C(/Cl)c1ncc(-c2cccc(C)n2)cc1C. The number of hydrogen-bond donors (Lipinski definition) is 0. The van der Waals surface area contributed by atoms with Crippen LogP contribution in [-0.4, -0.2) is 9.97 Å². The summed E-state index contributed by atoms with van der Waals surface area (Å²) < 4.78 is 0. The molecule has 0 aliphatic heterocycles. The maximum Gasteiger partial charge on any atom is 0.0842 e. The number of aryl methyl sites for hydroxylation is 2. The first-order valence-electron chi connectivity index (χ1n) is 5.84. The summed E-state index contributed by atoms with van der Waals surface area (Å²) in [5.74, 6) is 0. The van der Waals surface area contributed by atoms with E-state index in [1.807, 2.05) is 51.2 Å². The van der Waals surface area contributed by atoms with Gasteiger partial charge in [0.15, 0.2) is 0 Å². The van der Waals surface area contributed by atoms with Crippen molar-refractivity contribution in [3.8, 4) is 11.3 Å². The quantitative estimate of drug-likeness (QED) is 0.800. The van der Waals surface area contributed by atoms with Crippen LogP contribution in [0, 0.1) is 13.8 Å². The standard InChI is InChI=1S/C15H15ClN2/c1-4-13(16)15-10(2)8-12(9-17-15)14-7-5-6-11(3)18-14/h4-9H,1-3H3/b13-4+. The lowest BCUT2D eigenvalue weighted by Gasteiger charge is -2.07. The van der Waals surface area contributed by atoms with E-state index >= 15 is 0 Å². The van der Waals surface area contributed by atoms with Gasteiger partial charge in [-0.2, -0.15) is 0 Å². The molecular formula is C15H15ClN2. The van der Waals surface area contributed by atoms with E-state index in [1.54, 1.807) is 0 Å². The molecule has 2 heterocycles. The molecule has 0 amide bonds. The molecule has 0 saturated carbocycles. The summed E-state index contributed by atoms with van der Waals surface area (Å²) in [6.45, 7) is 5.89. The van der Waals surface area contributed by atoms with Crippen molar-refractivity contribution in [1.29, 1.82) is 0 Å². The number of allylic oxidation sites excluding steroid dienone is 1. The van der Waals surface area contributed by atoms with E-state index in [0.717, 1.165) is 28.2 Å². The average Bonchev–Trinajstić information content (AvgIpc) is 2.37. The summed E-state index contributed by atoms with van der Waals surface area (Å²) in [6.07, 6.45) is 3.66. The topological polar surface area (TPSA) is 25.8 Å². The molecule has 2 aromatic heterocycles. The fraction of sp³-hybridized carbons (Fsp3) is 0.200. The molecule has 0 atom stereocenters. The molecule has 0 bridgehead atoms. The van der Waals surface area contributed by atoms with Gasteiger partial charge in [0.1, 0.15) is 0 Å². The molecule has 2 rings (SSSR count).